The van der Waals surface area contributed by atoms with Crippen LogP contribution in [-0.2, 0) is 6.54 Å². The Morgan fingerprint density at radius 2 is 2.25 bits per heavy atom. The smallest absolute Gasteiger partial charge is 0.255 e. The lowest BCUT2D eigenvalue weighted by atomic mass is 10.2. The molecule has 1 heterocycles. The van der Waals surface area contributed by atoms with Crippen LogP contribution in [0.2, 0.25) is 5.02 Å². The number of hydrogen-bond donors (Lipinski definition) is 1. The predicted octanol–water partition coefficient (Wildman–Crippen LogP) is 3.28. The van der Waals surface area contributed by atoms with Crippen LogP contribution in [-0.4, -0.2) is 18.0 Å². The minimum absolute atomic E-state index is 0.245. The van der Waals surface area contributed by atoms with E-state index in [1.165, 1.54) is 7.11 Å². The third-order valence-electron chi connectivity index (χ3n) is 2.64. The first-order chi connectivity index (χ1) is 9.61. The summed E-state index contributed by atoms with van der Waals surface area (Å²) in [5.74, 6) is 0.253. The van der Waals surface area contributed by atoms with Gasteiger partial charge in [-0.1, -0.05) is 17.7 Å². The van der Waals surface area contributed by atoms with E-state index in [9.17, 15) is 4.79 Å². The van der Waals surface area contributed by atoms with Crippen molar-refractivity contribution in [3.05, 3.63) is 56.4 Å². The number of pyridine rings is 1. The second kappa shape index (κ2) is 6.90. The van der Waals surface area contributed by atoms with Gasteiger partial charge in [0.1, 0.15) is 5.75 Å². The number of halogens is 2. The van der Waals surface area contributed by atoms with Gasteiger partial charge in [-0.15, -0.1) is 0 Å². The minimum atomic E-state index is -0.245. The highest BCUT2D eigenvalue weighted by molar-refractivity contribution is 14.1. The summed E-state index contributed by atoms with van der Waals surface area (Å²) < 4.78 is 6.05. The number of nitrogens with zero attached hydrogens (tertiary/aromatic N) is 1. The van der Waals surface area contributed by atoms with Gasteiger partial charge in [0.05, 0.1) is 29.9 Å². The Kier molecular flexibility index (Phi) is 5.19. The molecule has 0 aliphatic rings. The molecule has 0 fully saturated rings. The SMILES string of the molecule is COc1cc(I)c(Cl)cc1C(=O)NCc1ccccn1. The van der Waals surface area contributed by atoms with Crippen LogP contribution in [0, 0.1) is 3.57 Å². The summed E-state index contributed by atoms with van der Waals surface area (Å²) in [6, 6.07) is 8.89. The topological polar surface area (TPSA) is 51.2 Å². The molecule has 20 heavy (non-hydrogen) atoms. The molecule has 104 valence electrons. The third-order valence-corrected chi connectivity index (χ3v) is 4.17. The maximum absolute atomic E-state index is 12.2. The second-order valence-corrected chi connectivity index (χ2v) is 5.54. The van der Waals surface area contributed by atoms with E-state index in [-0.39, 0.29) is 5.91 Å². The number of aromatic nitrogens is 1. The second-order valence-electron chi connectivity index (χ2n) is 3.97. The fourth-order valence-corrected chi connectivity index (χ4v) is 2.25. The van der Waals surface area contributed by atoms with Crippen LogP contribution in [0.15, 0.2) is 36.5 Å². The van der Waals surface area contributed by atoms with Crippen LogP contribution in [0.25, 0.3) is 0 Å². The molecule has 0 spiro atoms. The van der Waals surface area contributed by atoms with Gasteiger partial charge < -0.3 is 10.1 Å². The number of hydrogen-bond acceptors (Lipinski definition) is 3. The summed E-state index contributed by atoms with van der Waals surface area (Å²) in [6.07, 6.45) is 1.68. The lowest BCUT2D eigenvalue weighted by Crippen LogP contribution is -2.23. The van der Waals surface area contributed by atoms with E-state index >= 15 is 0 Å². The van der Waals surface area contributed by atoms with Crippen molar-refractivity contribution in [2.24, 2.45) is 0 Å². The number of benzene rings is 1. The number of amides is 1. The Morgan fingerprint density at radius 3 is 2.90 bits per heavy atom. The largest absolute Gasteiger partial charge is 0.496 e. The van der Waals surface area contributed by atoms with Crippen LogP contribution in [0.3, 0.4) is 0 Å². The molecule has 0 aliphatic carbocycles. The van der Waals surface area contributed by atoms with E-state index in [1.54, 1.807) is 18.3 Å². The van der Waals surface area contributed by atoms with Gasteiger partial charge in [0, 0.05) is 9.77 Å². The van der Waals surface area contributed by atoms with E-state index in [4.69, 9.17) is 16.3 Å². The van der Waals surface area contributed by atoms with Crippen molar-refractivity contribution in [1.29, 1.82) is 0 Å². The molecular weight excluding hydrogens is 391 g/mol. The van der Waals surface area contributed by atoms with Crippen molar-refractivity contribution in [3.63, 3.8) is 0 Å². The zero-order valence-electron chi connectivity index (χ0n) is 10.7. The fourth-order valence-electron chi connectivity index (χ4n) is 1.64. The van der Waals surface area contributed by atoms with Gasteiger partial charge in [-0.25, -0.2) is 0 Å². The number of ether oxygens (including phenoxy) is 1. The molecule has 6 heteroatoms. The maximum atomic E-state index is 12.2. The van der Waals surface area contributed by atoms with Gasteiger partial charge in [-0.05, 0) is 46.9 Å². The van der Waals surface area contributed by atoms with Crippen molar-refractivity contribution in [1.82, 2.24) is 10.3 Å². The molecule has 4 nitrogen and oxygen atoms in total. The average molecular weight is 403 g/mol. The molecule has 0 saturated carbocycles. The Hall–Kier alpha value is -1.34. The van der Waals surface area contributed by atoms with Crippen LogP contribution in [0.1, 0.15) is 16.1 Å². The molecule has 2 aromatic rings. The zero-order valence-corrected chi connectivity index (χ0v) is 13.6. The van der Waals surface area contributed by atoms with Crippen molar-refractivity contribution in [3.8, 4) is 5.75 Å². The number of nitrogens with one attached hydrogen (secondary N) is 1. The molecule has 1 aromatic heterocycles. The van der Waals surface area contributed by atoms with Crippen LogP contribution < -0.4 is 10.1 Å². The molecule has 0 atom stereocenters. The first-order valence-corrected chi connectivity index (χ1v) is 7.28. The van der Waals surface area contributed by atoms with Crippen LogP contribution in [0.4, 0.5) is 0 Å². The number of rotatable bonds is 4. The van der Waals surface area contributed by atoms with Crippen LogP contribution in [0.5, 0.6) is 5.75 Å². The number of methoxy groups -OCH3 is 1. The molecule has 0 unspecified atom stereocenters. The summed E-state index contributed by atoms with van der Waals surface area (Å²) in [7, 11) is 1.52. The van der Waals surface area contributed by atoms with Gasteiger partial charge in [-0.3, -0.25) is 9.78 Å². The van der Waals surface area contributed by atoms with Crippen molar-refractivity contribution >= 4 is 40.1 Å². The van der Waals surface area contributed by atoms with Crippen molar-refractivity contribution in [2.45, 2.75) is 6.54 Å². The van der Waals surface area contributed by atoms with Gasteiger partial charge in [0.15, 0.2) is 0 Å². The molecule has 1 N–H and O–H groups in total. The summed E-state index contributed by atoms with van der Waals surface area (Å²) in [5, 5.41) is 3.32. The van der Waals surface area contributed by atoms with Gasteiger partial charge in [0.25, 0.3) is 5.91 Å². The lowest BCUT2D eigenvalue weighted by Gasteiger charge is -2.10. The Bertz CT molecular complexity index is 620. The Morgan fingerprint density at radius 1 is 1.45 bits per heavy atom. The molecule has 0 bridgehead atoms. The molecule has 1 amide bonds. The van der Waals surface area contributed by atoms with E-state index in [0.717, 1.165) is 9.26 Å². The van der Waals surface area contributed by atoms with Crippen molar-refractivity contribution in [2.75, 3.05) is 7.11 Å². The normalized spacial score (nSPS) is 10.2. The summed E-state index contributed by atoms with van der Waals surface area (Å²) in [5.41, 5.74) is 1.20. The summed E-state index contributed by atoms with van der Waals surface area (Å²) in [4.78, 5) is 16.3. The van der Waals surface area contributed by atoms with Crippen molar-refractivity contribution < 1.29 is 9.53 Å². The maximum Gasteiger partial charge on any atom is 0.255 e. The molecular formula is C14H12ClIN2O2. The zero-order chi connectivity index (χ0) is 14.5. The molecule has 1 aromatic carbocycles. The quantitative estimate of drug-likeness (QED) is 0.799. The standard InChI is InChI=1S/C14H12ClIN2O2/c1-20-13-7-12(16)11(15)6-10(13)14(19)18-8-9-4-2-3-5-17-9/h2-7H,8H2,1H3,(H,18,19). The van der Waals surface area contributed by atoms with E-state index in [0.29, 0.717) is 22.9 Å². The first kappa shape index (κ1) is 15.1. The van der Waals surface area contributed by atoms with Gasteiger partial charge in [0.2, 0.25) is 0 Å². The highest BCUT2D eigenvalue weighted by atomic mass is 127. The predicted molar refractivity (Wildman–Crippen MR) is 86.1 cm³/mol. The monoisotopic (exact) mass is 402 g/mol. The van der Waals surface area contributed by atoms with E-state index < -0.39 is 0 Å². The highest BCUT2D eigenvalue weighted by Crippen LogP contribution is 2.28. The fraction of sp³-hybridized carbons (Fsp3) is 0.143. The molecule has 0 aliphatic heterocycles. The number of carbonyl (C=O) groups excluding carboxylic acids is 1. The van der Waals surface area contributed by atoms with Gasteiger partial charge >= 0.3 is 0 Å². The number of carbonyl (C=O) groups is 1. The molecule has 0 radical (unpaired) electrons. The Labute approximate surface area is 135 Å². The molecule has 2 rings (SSSR count). The van der Waals surface area contributed by atoms with E-state index in [1.807, 2.05) is 18.2 Å². The lowest BCUT2D eigenvalue weighted by molar-refractivity contribution is 0.0947. The minimum Gasteiger partial charge on any atom is -0.496 e. The third kappa shape index (κ3) is 3.61. The summed E-state index contributed by atoms with van der Waals surface area (Å²) >= 11 is 8.14. The molecule has 0 saturated heterocycles. The Balaban J connectivity index is 2.15. The van der Waals surface area contributed by atoms with E-state index in [2.05, 4.69) is 32.9 Å². The van der Waals surface area contributed by atoms with Gasteiger partial charge in [-0.2, -0.15) is 0 Å². The first-order valence-electron chi connectivity index (χ1n) is 5.83. The highest BCUT2D eigenvalue weighted by Gasteiger charge is 2.15. The van der Waals surface area contributed by atoms with Crippen LogP contribution >= 0.6 is 34.2 Å². The average Bonchev–Trinajstić information content (AvgIpc) is 2.48. The summed E-state index contributed by atoms with van der Waals surface area (Å²) in [6.45, 7) is 0.354.